The summed E-state index contributed by atoms with van der Waals surface area (Å²) < 4.78 is 23.7. The summed E-state index contributed by atoms with van der Waals surface area (Å²) >= 11 is 0. The van der Waals surface area contributed by atoms with Crippen LogP contribution in [0.1, 0.15) is 39.5 Å². The van der Waals surface area contributed by atoms with Crippen molar-refractivity contribution in [2.75, 3.05) is 18.1 Å². The van der Waals surface area contributed by atoms with Crippen LogP contribution >= 0.6 is 0 Å². The number of carbonyl (C=O) groups excluding carboxylic acids is 1. The molecule has 7 heteroatoms. The number of carbonyl (C=O) groups is 2. The number of rotatable bonds is 7. The third-order valence-corrected chi connectivity index (χ3v) is 5.39. The van der Waals surface area contributed by atoms with Gasteiger partial charge in [0.2, 0.25) is 5.91 Å². The predicted octanol–water partition coefficient (Wildman–Crippen LogP) is 0.913. The molecule has 20 heavy (non-hydrogen) atoms. The molecule has 2 atom stereocenters. The van der Waals surface area contributed by atoms with E-state index in [9.17, 15) is 18.0 Å². The Morgan fingerprint density at radius 3 is 2.45 bits per heavy atom. The van der Waals surface area contributed by atoms with Gasteiger partial charge in [-0.05, 0) is 19.8 Å². The zero-order valence-corrected chi connectivity index (χ0v) is 12.9. The van der Waals surface area contributed by atoms with E-state index < -0.39 is 39.4 Å². The fourth-order valence-electron chi connectivity index (χ4n) is 2.54. The number of nitrogens with zero attached hydrogens (tertiary/aromatic N) is 1. The summed E-state index contributed by atoms with van der Waals surface area (Å²) in [6, 6.07) is -0.439. The SMILES string of the molecule is CCCCCS(=O)(=O)CC(=O)N1CCC(C(=O)O)C1C. The monoisotopic (exact) mass is 305 g/mol. The van der Waals surface area contributed by atoms with Crippen molar-refractivity contribution < 1.29 is 23.1 Å². The van der Waals surface area contributed by atoms with Gasteiger partial charge in [0.1, 0.15) is 5.75 Å². The summed E-state index contributed by atoms with van der Waals surface area (Å²) in [6.45, 7) is 3.96. The first kappa shape index (κ1) is 16.9. The summed E-state index contributed by atoms with van der Waals surface area (Å²) in [7, 11) is -3.39. The van der Waals surface area contributed by atoms with Crippen LogP contribution in [0.15, 0.2) is 0 Å². The van der Waals surface area contributed by atoms with Crippen molar-refractivity contribution in [2.45, 2.75) is 45.6 Å². The number of aliphatic carboxylic acids is 1. The Kier molecular flexibility index (Phi) is 5.98. The molecular formula is C13H23NO5S. The molecule has 0 radical (unpaired) electrons. The zero-order chi connectivity index (χ0) is 15.3. The highest BCUT2D eigenvalue weighted by Crippen LogP contribution is 2.24. The van der Waals surface area contributed by atoms with E-state index in [-0.39, 0.29) is 5.75 Å². The second kappa shape index (κ2) is 7.06. The van der Waals surface area contributed by atoms with Gasteiger partial charge in [-0.3, -0.25) is 9.59 Å². The quantitative estimate of drug-likeness (QED) is 0.706. The van der Waals surface area contributed by atoms with Gasteiger partial charge in [0, 0.05) is 12.6 Å². The van der Waals surface area contributed by atoms with E-state index >= 15 is 0 Å². The van der Waals surface area contributed by atoms with Crippen LogP contribution in [0, 0.1) is 5.92 Å². The lowest BCUT2D eigenvalue weighted by molar-refractivity contribution is -0.142. The molecule has 1 heterocycles. The first-order chi connectivity index (χ1) is 9.28. The Labute approximate surface area is 120 Å². The van der Waals surface area contributed by atoms with Crippen LogP contribution in [0.3, 0.4) is 0 Å². The Morgan fingerprint density at radius 1 is 1.30 bits per heavy atom. The van der Waals surface area contributed by atoms with Gasteiger partial charge in [0.25, 0.3) is 0 Å². The molecule has 0 aromatic heterocycles. The topological polar surface area (TPSA) is 91.8 Å². The highest BCUT2D eigenvalue weighted by atomic mass is 32.2. The molecule has 1 aliphatic rings. The average Bonchev–Trinajstić information content (AvgIpc) is 2.70. The van der Waals surface area contributed by atoms with Crippen molar-refractivity contribution in [3.05, 3.63) is 0 Å². The fourth-order valence-corrected chi connectivity index (χ4v) is 3.87. The molecule has 1 saturated heterocycles. The molecule has 0 aromatic carbocycles. The highest BCUT2D eigenvalue weighted by molar-refractivity contribution is 7.92. The maximum atomic E-state index is 12.0. The first-order valence-corrected chi connectivity index (χ1v) is 8.83. The third-order valence-electron chi connectivity index (χ3n) is 3.79. The maximum Gasteiger partial charge on any atom is 0.308 e. The van der Waals surface area contributed by atoms with Gasteiger partial charge in [-0.15, -0.1) is 0 Å². The molecule has 1 amide bonds. The third kappa shape index (κ3) is 4.47. The number of carboxylic acid groups (broad SMARTS) is 1. The lowest BCUT2D eigenvalue weighted by Crippen LogP contribution is -2.41. The van der Waals surface area contributed by atoms with Crippen LogP contribution in [0.4, 0.5) is 0 Å². The van der Waals surface area contributed by atoms with E-state index in [0.717, 1.165) is 12.8 Å². The molecule has 2 unspecified atom stereocenters. The number of likely N-dealkylation sites (tertiary alicyclic amines) is 1. The molecule has 1 aliphatic heterocycles. The minimum Gasteiger partial charge on any atom is -0.481 e. The zero-order valence-electron chi connectivity index (χ0n) is 12.0. The van der Waals surface area contributed by atoms with Crippen LogP contribution in [0.25, 0.3) is 0 Å². The molecule has 116 valence electrons. The predicted molar refractivity (Wildman–Crippen MR) is 75.1 cm³/mol. The van der Waals surface area contributed by atoms with Gasteiger partial charge < -0.3 is 10.0 Å². The molecule has 1 fully saturated rings. The number of hydrogen-bond donors (Lipinski definition) is 1. The van der Waals surface area contributed by atoms with E-state index in [1.807, 2.05) is 6.92 Å². The summed E-state index contributed by atoms with van der Waals surface area (Å²) in [5.74, 6) is -2.48. The normalized spacial score (nSPS) is 23.0. The van der Waals surface area contributed by atoms with E-state index in [4.69, 9.17) is 5.11 Å². The van der Waals surface area contributed by atoms with Crippen LogP contribution in [0.2, 0.25) is 0 Å². The van der Waals surface area contributed by atoms with E-state index in [1.54, 1.807) is 6.92 Å². The molecule has 1 rings (SSSR count). The maximum absolute atomic E-state index is 12.0. The van der Waals surface area contributed by atoms with Crippen LogP contribution in [-0.2, 0) is 19.4 Å². The van der Waals surface area contributed by atoms with Gasteiger partial charge in [-0.25, -0.2) is 8.42 Å². The standard InChI is InChI=1S/C13H23NO5S/c1-3-4-5-8-20(18,19)9-12(15)14-7-6-11(10(14)2)13(16)17/h10-11H,3-9H2,1-2H3,(H,16,17). The summed E-state index contributed by atoms with van der Waals surface area (Å²) in [5.41, 5.74) is 0. The average molecular weight is 305 g/mol. The van der Waals surface area contributed by atoms with Gasteiger partial charge in [0.05, 0.1) is 11.7 Å². The van der Waals surface area contributed by atoms with Crippen molar-refractivity contribution in [1.29, 1.82) is 0 Å². The van der Waals surface area contributed by atoms with Crippen molar-refractivity contribution in [3.63, 3.8) is 0 Å². The molecule has 1 N–H and O–H groups in total. The molecule has 0 bridgehead atoms. The first-order valence-electron chi connectivity index (χ1n) is 7.01. The van der Waals surface area contributed by atoms with Crippen molar-refractivity contribution in [1.82, 2.24) is 4.90 Å². The summed E-state index contributed by atoms with van der Waals surface area (Å²) in [6.07, 6.45) is 2.71. The Morgan fingerprint density at radius 2 is 1.95 bits per heavy atom. The molecule has 0 saturated carbocycles. The molecular weight excluding hydrogens is 282 g/mol. The minimum absolute atomic E-state index is 0.0250. The van der Waals surface area contributed by atoms with E-state index in [1.165, 1.54) is 4.90 Å². The smallest absolute Gasteiger partial charge is 0.308 e. The van der Waals surface area contributed by atoms with Crippen molar-refractivity contribution >= 4 is 21.7 Å². The van der Waals surface area contributed by atoms with E-state index in [2.05, 4.69) is 0 Å². The molecule has 0 spiro atoms. The van der Waals surface area contributed by atoms with Crippen LogP contribution < -0.4 is 0 Å². The lowest BCUT2D eigenvalue weighted by Gasteiger charge is -2.23. The van der Waals surface area contributed by atoms with Crippen LogP contribution in [-0.4, -0.2) is 54.4 Å². The summed E-state index contributed by atoms with van der Waals surface area (Å²) in [4.78, 5) is 24.4. The number of hydrogen-bond acceptors (Lipinski definition) is 4. The largest absolute Gasteiger partial charge is 0.481 e. The van der Waals surface area contributed by atoms with Crippen molar-refractivity contribution in [3.8, 4) is 0 Å². The highest BCUT2D eigenvalue weighted by Gasteiger charge is 2.38. The Hall–Kier alpha value is -1.11. The van der Waals surface area contributed by atoms with Gasteiger partial charge in [-0.2, -0.15) is 0 Å². The van der Waals surface area contributed by atoms with Crippen molar-refractivity contribution in [2.24, 2.45) is 5.92 Å². The minimum atomic E-state index is -3.39. The number of unbranched alkanes of at least 4 members (excludes halogenated alkanes) is 2. The fraction of sp³-hybridized carbons (Fsp3) is 0.846. The summed E-state index contributed by atoms with van der Waals surface area (Å²) in [5, 5.41) is 9.00. The molecule has 0 aliphatic carbocycles. The molecule has 6 nitrogen and oxygen atoms in total. The van der Waals surface area contributed by atoms with Gasteiger partial charge in [0.15, 0.2) is 9.84 Å². The number of carboxylic acids is 1. The second-order valence-corrected chi connectivity index (χ2v) is 7.54. The lowest BCUT2D eigenvalue weighted by atomic mass is 10.0. The Balaban J connectivity index is 2.57. The number of sulfone groups is 1. The van der Waals surface area contributed by atoms with Crippen LogP contribution in [0.5, 0.6) is 0 Å². The second-order valence-electron chi connectivity index (χ2n) is 5.36. The van der Waals surface area contributed by atoms with Gasteiger partial charge in [-0.1, -0.05) is 19.8 Å². The van der Waals surface area contributed by atoms with Gasteiger partial charge >= 0.3 is 5.97 Å². The Bertz CT molecular complexity index is 459. The molecule has 0 aromatic rings. The van der Waals surface area contributed by atoms with E-state index in [0.29, 0.717) is 19.4 Å². The number of amides is 1.